The maximum atomic E-state index is 12.8. The molecular weight excluding hydrogens is 257 g/mol. The molecule has 0 saturated heterocycles. The SMILES string of the molecule is CC(N)c1n[nH]c(Cc2ccccc2C(F)(F)F)n1. The van der Waals surface area contributed by atoms with Gasteiger partial charge in [-0.25, -0.2) is 4.98 Å². The largest absolute Gasteiger partial charge is 0.416 e. The van der Waals surface area contributed by atoms with Crippen LogP contribution in [0, 0.1) is 0 Å². The van der Waals surface area contributed by atoms with Crippen LogP contribution in [0.1, 0.15) is 35.7 Å². The molecule has 0 fully saturated rings. The summed E-state index contributed by atoms with van der Waals surface area (Å²) in [5.74, 6) is 0.753. The molecule has 2 rings (SSSR count). The zero-order valence-electron chi connectivity index (χ0n) is 10.2. The van der Waals surface area contributed by atoms with Gasteiger partial charge in [-0.05, 0) is 18.6 Å². The van der Waals surface area contributed by atoms with E-state index in [1.165, 1.54) is 12.1 Å². The molecule has 0 aliphatic heterocycles. The fourth-order valence-corrected chi connectivity index (χ4v) is 1.72. The minimum Gasteiger partial charge on any atom is -0.321 e. The van der Waals surface area contributed by atoms with Crippen molar-refractivity contribution in [3.63, 3.8) is 0 Å². The van der Waals surface area contributed by atoms with Gasteiger partial charge in [-0.1, -0.05) is 18.2 Å². The van der Waals surface area contributed by atoms with Gasteiger partial charge in [-0.15, -0.1) is 0 Å². The second kappa shape index (κ2) is 5.00. The quantitative estimate of drug-likeness (QED) is 0.900. The highest BCUT2D eigenvalue weighted by atomic mass is 19.4. The highest BCUT2D eigenvalue weighted by Crippen LogP contribution is 2.32. The Kier molecular flexibility index (Phi) is 3.57. The maximum absolute atomic E-state index is 12.8. The number of nitrogens with two attached hydrogens (primary N) is 1. The molecule has 102 valence electrons. The molecular formula is C12H13F3N4. The average molecular weight is 270 g/mol. The summed E-state index contributed by atoms with van der Waals surface area (Å²) in [4.78, 5) is 4.07. The number of nitrogens with one attached hydrogen (secondary N) is 1. The number of hydrogen-bond donors (Lipinski definition) is 2. The van der Waals surface area contributed by atoms with Gasteiger partial charge < -0.3 is 5.73 Å². The second-order valence-electron chi connectivity index (χ2n) is 4.26. The Hall–Kier alpha value is -1.89. The summed E-state index contributed by atoms with van der Waals surface area (Å²) in [6.45, 7) is 1.70. The van der Waals surface area contributed by atoms with Gasteiger partial charge in [-0.3, -0.25) is 5.10 Å². The Morgan fingerprint density at radius 2 is 2.00 bits per heavy atom. The molecule has 0 amide bonds. The Morgan fingerprint density at radius 1 is 1.32 bits per heavy atom. The van der Waals surface area contributed by atoms with E-state index in [0.717, 1.165) is 6.07 Å². The zero-order valence-corrected chi connectivity index (χ0v) is 10.2. The molecule has 1 heterocycles. The molecule has 7 heteroatoms. The standard InChI is InChI=1S/C12H13F3N4/c1-7(16)11-17-10(18-19-11)6-8-4-2-3-5-9(8)12(13,14)15/h2-5,7H,6,16H2,1H3,(H,17,18,19). The monoisotopic (exact) mass is 270 g/mol. The Bertz CT molecular complexity index is 560. The Labute approximate surface area is 107 Å². The third-order valence-corrected chi connectivity index (χ3v) is 2.64. The van der Waals surface area contributed by atoms with E-state index in [2.05, 4.69) is 15.2 Å². The van der Waals surface area contributed by atoms with E-state index < -0.39 is 11.7 Å². The van der Waals surface area contributed by atoms with Crippen LogP contribution in [0.5, 0.6) is 0 Å². The lowest BCUT2D eigenvalue weighted by molar-refractivity contribution is -0.138. The van der Waals surface area contributed by atoms with Crippen LogP contribution in [-0.4, -0.2) is 15.2 Å². The van der Waals surface area contributed by atoms with Crippen molar-refractivity contribution in [3.05, 3.63) is 47.0 Å². The molecule has 1 atom stereocenters. The summed E-state index contributed by atoms with van der Waals surface area (Å²) in [6, 6.07) is 5.05. The van der Waals surface area contributed by atoms with Crippen LogP contribution < -0.4 is 5.73 Å². The van der Waals surface area contributed by atoms with Crippen molar-refractivity contribution in [1.29, 1.82) is 0 Å². The Balaban J connectivity index is 2.28. The minimum absolute atomic E-state index is 0.0371. The molecule has 1 aromatic heterocycles. The number of benzene rings is 1. The van der Waals surface area contributed by atoms with Crippen LogP contribution in [-0.2, 0) is 12.6 Å². The van der Waals surface area contributed by atoms with E-state index in [4.69, 9.17) is 5.73 Å². The third-order valence-electron chi connectivity index (χ3n) is 2.64. The maximum Gasteiger partial charge on any atom is 0.416 e. The molecule has 4 nitrogen and oxygen atoms in total. The van der Waals surface area contributed by atoms with Crippen LogP contribution in [0.15, 0.2) is 24.3 Å². The summed E-state index contributed by atoms with van der Waals surface area (Å²) < 4.78 is 38.5. The molecule has 0 bridgehead atoms. The van der Waals surface area contributed by atoms with Crippen molar-refractivity contribution in [1.82, 2.24) is 15.2 Å². The predicted molar refractivity (Wildman–Crippen MR) is 63.2 cm³/mol. The first-order chi connectivity index (χ1) is 8.88. The normalized spacial score (nSPS) is 13.5. The molecule has 0 radical (unpaired) electrons. The number of H-pyrrole nitrogens is 1. The predicted octanol–water partition coefficient (Wildman–Crippen LogP) is 2.43. The molecule has 0 saturated carbocycles. The van der Waals surface area contributed by atoms with E-state index in [0.29, 0.717) is 11.6 Å². The van der Waals surface area contributed by atoms with Gasteiger partial charge in [-0.2, -0.15) is 18.3 Å². The Morgan fingerprint density at radius 3 is 2.58 bits per heavy atom. The highest BCUT2D eigenvalue weighted by Gasteiger charge is 2.33. The number of rotatable bonds is 3. The molecule has 19 heavy (non-hydrogen) atoms. The van der Waals surface area contributed by atoms with E-state index in [1.807, 2.05) is 0 Å². The number of halogens is 3. The van der Waals surface area contributed by atoms with Gasteiger partial charge in [0.05, 0.1) is 11.6 Å². The highest BCUT2D eigenvalue weighted by molar-refractivity contribution is 5.31. The van der Waals surface area contributed by atoms with Crippen molar-refractivity contribution in [2.75, 3.05) is 0 Å². The molecule has 0 spiro atoms. The number of nitrogens with zero attached hydrogens (tertiary/aromatic N) is 2. The lowest BCUT2D eigenvalue weighted by atomic mass is 10.0. The van der Waals surface area contributed by atoms with Crippen LogP contribution in [0.2, 0.25) is 0 Å². The lowest BCUT2D eigenvalue weighted by Crippen LogP contribution is -2.10. The molecule has 1 unspecified atom stereocenters. The lowest BCUT2D eigenvalue weighted by Gasteiger charge is -2.11. The van der Waals surface area contributed by atoms with Gasteiger partial charge in [0.2, 0.25) is 0 Å². The smallest absolute Gasteiger partial charge is 0.321 e. The molecule has 1 aromatic carbocycles. The topological polar surface area (TPSA) is 67.6 Å². The fourth-order valence-electron chi connectivity index (χ4n) is 1.72. The van der Waals surface area contributed by atoms with Gasteiger partial charge in [0, 0.05) is 6.42 Å². The van der Waals surface area contributed by atoms with Crippen molar-refractivity contribution < 1.29 is 13.2 Å². The number of alkyl halides is 3. The molecule has 3 N–H and O–H groups in total. The zero-order chi connectivity index (χ0) is 14.0. The van der Waals surface area contributed by atoms with Gasteiger partial charge in [0.25, 0.3) is 0 Å². The van der Waals surface area contributed by atoms with Crippen LogP contribution in [0.4, 0.5) is 13.2 Å². The molecule has 0 aliphatic rings. The fraction of sp³-hybridized carbons (Fsp3) is 0.333. The summed E-state index contributed by atoms with van der Waals surface area (Å²) in [6.07, 6.45) is -4.34. The van der Waals surface area contributed by atoms with Gasteiger partial charge >= 0.3 is 6.18 Å². The number of aromatic nitrogens is 3. The van der Waals surface area contributed by atoms with Gasteiger partial charge in [0.1, 0.15) is 5.82 Å². The van der Waals surface area contributed by atoms with E-state index in [9.17, 15) is 13.2 Å². The second-order valence-corrected chi connectivity index (χ2v) is 4.26. The molecule has 2 aromatic rings. The van der Waals surface area contributed by atoms with Crippen molar-refractivity contribution in [2.45, 2.75) is 25.6 Å². The van der Waals surface area contributed by atoms with Crippen LogP contribution in [0.25, 0.3) is 0 Å². The number of hydrogen-bond acceptors (Lipinski definition) is 3. The summed E-state index contributed by atoms with van der Waals surface area (Å²) in [5, 5.41) is 6.47. The third kappa shape index (κ3) is 3.11. The van der Waals surface area contributed by atoms with Crippen LogP contribution >= 0.6 is 0 Å². The van der Waals surface area contributed by atoms with Crippen molar-refractivity contribution >= 4 is 0 Å². The van der Waals surface area contributed by atoms with Gasteiger partial charge in [0.15, 0.2) is 5.82 Å². The van der Waals surface area contributed by atoms with E-state index in [-0.39, 0.29) is 18.0 Å². The van der Waals surface area contributed by atoms with E-state index >= 15 is 0 Å². The first kappa shape index (κ1) is 13.5. The summed E-state index contributed by atoms with van der Waals surface area (Å²) >= 11 is 0. The first-order valence-electron chi connectivity index (χ1n) is 5.70. The first-order valence-corrected chi connectivity index (χ1v) is 5.70. The molecule has 0 aliphatic carbocycles. The average Bonchev–Trinajstić information content (AvgIpc) is 2.77. The minimum atomic E-state index is -4.37. The van der Waals surface area contributed by atoms with E-state index in [1.54, 1.807) is 13.0 Å². The summed E-state index contributed by atoms with van der Waals surface area (Å²) in [5.41, 5.74) is 5.09. The summed E-state index contributed by atoms with van der Waals surface area (Å²) in [7, 11) is 0. The van der Waals surface area contributed by atoms with Crippen molar-refractivity contribution in [3.8, 4) is 0 Å². The van der Waals surface area contributed by atoms with Crippen molar-refractivity contribution in [2.24, 2.45) is 5.73 Å². The number of aromatic amines is 1. The van der Waals surface area contributed by atoms with Crippen LogP contribution in [0.3, 0.4) is 0 Å².